The van der Waals surface area contributed by atoms with Gasteiger partial charge >= 0.3 is 0 Å². The first kappa shape index (κ1) is 26.3. The van der Waals surface area contributed by atoms with Gasteiger partial charge in [-0.3, -0.25) is 19.2 Å². The SMILES string of the molecule is COc1ccc(C(=O)NCCc2ccc(C(C)=O)cc2)cc1C(=O)NCCc1ccc(C(C)=O)cc1. The summed E-state index contributed by atoms with van der Waals surface area (Å²) in [6, 6.07) is 19.3. The molecule has 7 nitrogen and oxygen atoms in total. The molecule has 2 N–H and O–H groups in total. The van der Waals surface area contributed by atoms with Gasteiger partial charge in [0.25, 0.3) is 11.8 Å². The van der Waals surface area contributed by atoms with Crippen molar-refractivity contribution in [3.05, 3.63) is 100 Å². The third-order valence-electron chi connectivity index (χ3n) is 5.83. The second kappa shape index (κ2) is 12.4. The lowest BCUT2D eigenvalue weighted by Gasteiger charge is -2.12. The van der Waals surface area contributed by atoms with Crippen LogP contribution in [0.15, 0.2) is 66.7 Å². The molecule has 0 bridgehead atoms. The van der Waals surface area contributed by atoms with Crippen molar-refractivity contribution in [3.8, 4) is 5.75 Å². The molecular formula is C29H30N2O5. The number of ether oxygens (including phenoxy) is 1. The largest absolute Gasteiger partial charge is 0.496 e. The van der Waals surface area contributed by atoms with Crippen LogP contribution in [0.1, 0.15) is 66.4 Å². The normalized spacial score (nSPS) is 10.4. The van der Waals surface area contributed by atoms with Gasteiger partial charge in [-0.2, -0.15) is 0 Å². The van der Waals surface area contributed by atoms with E-state index in [1.54, 1.807) is 36.4 Å². The van der Waals surface area contributed by atoms with Crippen LogP contribution in [-0.4, -0.2) is 43.6 Å². The number of hydrogen-bond acceptors (Lipinski definition) is 5. The third-order valence-corrected chi connectivity index (χ3v) is 5.83. The predicted octanol–water partition coefficient (Wildman–Crippen LogP) is 4.05. The summed E-state index contributed by atoms with van der Waals surface area (Å²) >= 11 is 0. The second-order valence-electron chi connectivity index (χ2n) is 8.43. The number of rotatable bonds is 11. The van der Waals surface area contributed by atoms with Crippen molar-refractivity contribution in [1.82, 2.24) is 10.6 Å². The van der Waals surface area contributed by atoms with Crippen molar-refractivity contribution in [2.75, 3.05) is 20.2 Å². The molecule has 3 rings (SSSR count). The Labute approximate surface area is 210 Å². The fourth-order valence-corrected chi connectivity index (χ4v) is 3.68. The van der Waals surface area contributed by atoms with Crippen LogP contribution in [0.4, 0.5) is 0 Å². The first-order valence-electron chi connectivity index (χ1n) is 11.7. The zero-order valence-corrected chi connectivity index (χ0v) is 20.7. The van der Waals surface area contributed by atoms with Crippen LogP contribution >= 0.6 is 0 Å². The van der Waals surface area contributed by atoms with Crippen molar-refractivity contribution in [1.29, 1.82) is 0 Å². The molecule has 3 aromatic carbocycles. The number of carbonyl (C=O) groups is 4. The Morgan fingerprint density at radius 1 is 0.639 bits per heavy atom. The Morgan fingerprint density at radius 2 is 1.08 bits per heavy atom. The number of nitrogens with one attached hydrogen (secondary N) is 2. The first-order valence-corrected chi connectivity index (χ1v) is 11.7. The van der Waals surface area contributed by atoms with Crippen molar-refractivity contribution in [3.63, 3.8) is 0 Å². The van der Waals surface area contributed by atoms with Gasteiger partial charge < -0.3 is 15.4 Å². The molecule has 36 heavy (non-hydrogen) atoms. The topological polar surface area (TPSA) is 102 Å². The summed E-state index contributed by atoms with van der Waals surface area (Å²) in [7, 11) is 1.47. The number of Topliss-reactive ketones (excluding diaryl/α,β-unsaturated/α-hetero) is 2. The zero-order chi connectivity index (χ0) is 26.1. The lowest BCUT2D eigenvalue weighted by Crippen LogP contribution is -2.28. The van der Waals surface area contributed by atoms with E-state index in [0.29, 0.717) is 48.4 Å². The Kier molecular flexibility index (Phi) is 9.11. The van der Waals surface area contributed by atoms with E-state index < -0.39 is 0 Å². The monoisotopic (exact) mass is 486 g/mol. The van der Waals surface area contributed by atoms with E-state index in [4.69, 9.17) is 4.74 Å². The smallest absolute Gasteiger partial charge is 0.255 e. The second-order valence-corrected chi connectivity index (χ2v) is 8.43. The van der Waals surface area contributed by atoms with E-state index in [9.17, 15) is 19.2 Å². The van der Waals surface area contributed by atoms with E-state index in [1.807, 2.05) is 24.3 Å². The van der Waals surface area contributed by atoms with Gasteiger partial charge in [0.1, 0.15) is 5.75 Å². The minimum absolute atomic E-state index is 0.00851. The van der Waals surface area contributed by atoms with Gasteiger partial charge in [0.05, 0.1) is 12.7 Å². The zero-order valence-electron chi connectivity index (χ0n) is 20.7. The molecular weight excluding hydrogens is 456 g/mol. The molecule has 2 amide bonds. The lowest BCUT2D eigenvalue weighted by molar-refractivity contribution is 0.0948. The quantitative estimate of drug-likeness (QED) is 0.398. The van der Waals surface area contributed by atoms with Gasteiger partial charge in [-0.25, -0.2) is 0 Å². The Morgan fingerprint density at radius 3 is 1.53 bits per heavy atom. The Hall–Kier alpha value is -4.26. The molecule has 0 atom stereocenters. The molecule has 0 saturated carbocycles. The number of carbonyl (C=O) groups excluding carboxylic acids is 4. The van der Waals surface area contributed by atoms with Gasteiger partial charge in [0.2, 0.25) is 0 Å². The molecule has 0 aromatic heterocycles. The average Bonchev–Trinajstić information content (AvgIpc) is 2.88. The van der Waals surface area contributed by atoms with E-state index in [1.165, 1.54) is 27.0 Å². The van der Waals surface area contributed by atoms with Crippen LogP contribution in [0.3, 0.4) is 0 Å². The fourth-order valence-electron chi connectivity index (χ4n) is 3.68. The van der Waals surface area contributed by atoms with Gasteiger partial charge in [-0.1, -0.05) is 48.5 Å². The average molecular weight is 487 g/mol. The molecule has 3 aromatic rings. The van der Waals surface area contributed by atoms with Gasteiger partial charge in [0.15, 0.2) is 11.6 Å². The van der Waals surface area contributed by atoms with Crippen molar-refractivity contribution in [2.24, 2.45) is 0 Å². The summed E-state index contributed by atoms with van der Waals surface area (Å²) < 4.78 is 5.32. The summed E-state index contributed by atoms with van der Waals surface area (Å²) in [6.07, 6.45) is 1.21. The summed E-state index contributed by atoms with van der Waals surface area (Å²) in [4.78, 5) is 48.3. The number of methoxy groups -OCH3 is 1. The fraction of sp³-hybridized carbons (Fsp3) is 0.241. The molecule has 0 aliphatic heterocycles. The lowest BCUT2D eigenvalue weighted by atomic mass is 10.1. The van der Waals surface area contributed by atoms with Crippen molar-refractivity contribution in [2.45, 2.75) is 26.7 Å². The molecule has 0 fully saturated rings. The Balaban J connectivity index is 1.56. The molecule has 0 saturated heterocycles. The van der Waals surface area contributed by atoms with Gasteiger partial charge in [0, 0.05) is 29.8 Å². The Bertz CT molecular complexity index is 1250. The van der Waals surface area contributed by atoms with Crippen LogP contribution in [0, 0.1) is 0 Å². The third kappa shape index (κ3) is 7.12. The summed E-state index contributed by atoms with van der Waals surface area (Å²) in [6.45, 7) is 3.84. The number of hydrogen-bond donors (Lipinski definition) is 2. The first-order chi connectivity index (χ1) is 17.3. The highest BCUT2D eigenvalue weighted by atomic mass is 16.5. The minimum Gasteiger partial charge on any atom is -0.496 e. The number of amides is 2. The number of benzene rings is 3. The van der Waals surface area contributed by atoms with Crippen LogP contribution in [0.2, 0.25) is 0 Å². The standard InChI is InChI=1S/C29H30N2O5/c1-19(32)23-8-4-21(5-9-23)14-16-30-28(34)25-12-13-27(36-3)26(18-25)29(35)31-17-15-22-6-10-24(11-7-22)20(2)33/h4-13,18H,14-17H2,1-3H3,(H,30,34)(H,31,35). The number of ketones is 2. The molecule has 0 aliphatic rings. The molecule has 0 aliphatic carbocycles. The highest BCUT2D eigenvalue weighted by Crippen LogP contribution is 2.20. The maximum atomic E-state index is 12.8. The highest BCUT2D eigenvalue weighted by molar-refractivity contribution is 6.01. The molecule has 0 unspecified atom stereocenters. The molecule has 186 valence electrons. The van der Waals surface area contributed by atoms with E-state index in [0.717, 1.165) is 11.1 Å². The maximum Gasteiger partial charge on any atom is 0.255 e. The van der Waals surface area contributed by atoms with E-state index in [-0.39, 0.29) is 28.9 Å². The summed E-state index contributed by atoms with van der Waals surface area (Å²) in [5.74, 6) is -0.239. The molecule has 7 heteroatoms. The van der Waals surface area contributed by atoms with Crippen LogP contribution < -0.4 is 15.4 Å². The molecule has 0 heterocycles. The predicted molar refractivity (Wildman–Crippen MR) is 138 cm³/mol. The van der Waals surface area contributed by atoms with E-state index in [2.05, 4.69) is 10.6 Å². The van der Waals surface area contributed by atoms with Gasteiger partial charge in [-0.05, 0) is 56.0 Å². The highest BCUT2D eigenvalue weighted by Gasteiger charge is 2.16. The van der Waals surface area contributed by atoms with Crippen molar-refractivity contribution >= 4 is 23.4 Å². The van der Waals surface area contributed by atoms with Crippen LogP contribution in [0.25, 0.3) is 0 Å². The van der Waals surface area contributed by atoms with E-state index >= 15 is 0 Å². The summed E-state index contributed by atoms with van der Waals surface area (Å²) in [5.41, 5.74) is 3.93. The minimum atomic E-state index is -0.340. The van der Waals surface area contributed by atoms with Crippen molar-refractivity contribution < 1.29 is 23.9 Å². The van der Waals surface area contributed by atoms with Crippen LogP contribution in [0.5, 0.6) is 5.75 Å². The van der Waals surface area contributed by atoms with Gasteiger partial charge in [-0.15, -0.1) is 0 Å². The maximum absolute atomic E-state index is 12.8. The molecule has 0 spiro atoms. The molecule has 0 radical (unpaired) electrons. The van der Waals surface area contributed by atoms with Crippen LogP contribution in [-0.2, 0) is 12.8 Å². The summed E-state index contributed by atoms with van der Waals surface area (Å²) in [5, 5.41) is 5.72.